The van der Waals surface area contributed by atoms with Gasteiger partial charge in [-0.3, -0.25) is 14.6 Å². The van der Waals surface area contributed by atoms with Crippen molar-refractivity contribution in [3.05, 3.63) is 64.4 Å². The number of nitrogens with one attached hydrogen (secondary N) is 1. The average Bonchev–Trinajstić information content (AvgIpc) is 2.82. The lowest BCUT2D eigenvalue weighted by molar-refractivity contribution is -0.139. The van der Waals surface area contributed by atoms with Crippen molar-refractivity contribution >= 4 is 17.5 Å². The lowest BCUT2D eigenvalue weighted by atomic mass is 10.1. The van der Waals surface area contributed by atoms with E-state index in [2.05, 4.69) is 29.0 Å². The molecule has 1 amide bonds. The first-order chi connectivity index (χ1) is 16.4. The summed E-state index contributed by atoms with van der Waals surface area (Å²) >= 11 is 6.25. The smallest absolute Gasteiger partial charge is 0.260 e. The molecule has 2 fully saturated rings. The summed E-state index contributed by atoms with van der Waals surface area (Å²) in [7, 11) is 0. The lowest BCUT2D eigenvalue weighted by Gasteiger charge is -2.44. The van der Waals surface area contributed by atoms with E-state index in [4.69, 9.17) is 16.3 Å². The zero-order valence-corrected chi connectivity index (χ0v) is 20.7. The minimum Gasteiger partial charge on any atom is -0.483 e. The Morgan fingerprint density at radius 1 is 1.06 bits per heavy atom. The lowest BCUT2D eigenvalue weighted by Crippen LogP contribution is -2.58. The van der Waals surface area contributed by atoms with Crippen LogP contribution in [0.15, 0.2) is 42.5 Å². The number of amides is 1. The Morgan fingerprint density at radius 2 is 1.79 bits per heavy atom. The Labute approximate surface area is 206 Å². The summed E-state index contributed by atoms with van der Waals surface area (Å²) in [4.78, 5) is 19.7. The van der Waals surface area contributed by atoms with E-state index in [9.17, 15) is 9.18 Å². The molecule has 2 saturated heterocycles. The van der Waals surface area contributed by atoms with Crippen molar-refractivity contribution < 1.29 is 13.9 Å². The third-order valence-corrected chi connectivity index (χ3v) is 6.95. The molecule has 0 radical (unpaired) electrons. The molecule has 0 aliphatic carbocycles. The number of halogens is 2. The van der Waals surface area contributed by atoms with Crippen LogP contribution in [0.5, 0.6) is 5.75 Å². The molecule has 2 aliphatic heterocycles. The van der Waals surface area contributed by atoms with E-state index in [1.807, 2.05) is 35.2 Å². The molecule has 0 spiro atoms. The number of nitrogens with zero attached hydrogens (tertiary/aromatic N) is 3. The van der Waals surface area contributed by atoms with Crippen molar-refractivity contribution in [2.45, 2.75) is 39.0 Å². The predicted molar refractivity (Wildman–Crippen MR) is 133 cm³/mol. The zero-order valence-electron chi connectivity index (χ0n) is 20.0. The van der Waals surface area contributed by atoms with Crippen LogP contribution in [0.4, 0.5) is 4.39 Å². The number of piperazine rings is 2. The standard InChI is InChI=1S/C26H34ClFN4O2/c1-19-15-32(20(2)14-31(19)16-21-3-6-24(28)7-4-21)26(33)18-34-25-8-5-23(27)13-22(25)17-30-11-9-29-10-12-30/h3-8,13,19-20,29H,9-12,14-18H2,1-2H3. The molecule has 6 nitrogen and oxygen atoms in total. The molecule has 0 bridgehead atoms. The Bertz CT molecular complexity index is 968. The van der Waals surface area contributed by atoms with Crippen molar-refractivity contribution in [3.8, 4) is 5.75 Å². The van der Waals surface area contributed by atoms with Crippen LogP contribution in [0.1, 0.15) is 25.0 Å². The normalized spacial score (nSPS) is 22.1. The van der Waals surface area contributed by atoms with Crippen LogP contribution in [0, 0.1) is 5.82 Å². The summed E-state index contributed by atoms with van der Waals surface area (Å²) in [6.07, 6.45) is 0. The highest BCUT2D eigenvalue weighted by molar-refractivity contribution is 6.30. The summed E-state index contributed by atoms with van der Waals surface area (Å²) in [6.45, 7) is 11.0. The minimum atomic E-state index is -0.225. The topological polar surface area (TPSA) is 48.1 Å². The molecule has 2 unspecified atom stereocenters. The van der Waals surface area contributed by atoms with Crippen molar-refractivity contribution in [2.24, 2.45) is 0 Å². The van der Waals surface area contributed by atoms with Crippen LogP contribution in [0.3, 0.4) is 0 Å². The largest absolute Gasteiger partial charge is 0.483 e. The number of hydrogen-bond acceptors (Lipinski definition) is 5. The first kappa shape index (κ1) is 24.9. The molecule has 4 rings (SSSR count). The maximum atomic E-state index is 13.2. The number of benzene rings is 2. The highest BCUT2D eigenvalue weighted by Crippen LogP contribution is 2.25. The number of carbonyl (C=O) groups is 1. The van der Waals surface area contributed by atoms with Gasteiger partial charge in [-0.1, -0.05) is 23.7 Å². The van der Waals surface area contributed by atoms with E-state index < -0.39 is 0 Å². The van der Waals surface area contributed by atoms with Gasteiger partial charge in [-0.15, -0.1) is 0 Å². The molecular formula is C26H34ClFN4O2. The second-order valence-electron chi connectivity index (χ2n) is 9.37. The zero-order chi connectivity index (χ0) is 24.1. The van der Waals surface area contributed by atoms with Crippen molar-refractivity contribution in [1.29, 1.82) is 0 Å². The Morgan fingerprint density at radius 3 is 2.53 bits per heavy atom. The number of ether oxygens (including phenoxy) is 1. The molecule has 2 aliphatic rings. The molecule has 0 aromatic heterocycles. The Kier molecular flexibility index (Phi) is 8.42. The van der Waals surface area contributed by atoms with Gasteiger partial charge in [0.1, 0.15) is 11.6 Å². The van der Waals surface area contributed by atoms with Gasteiger partial charge in [0.2, 0.25) is 0 Å². The van der Waals surface area contributed by atoms with E-state index in [1.165, 1.54) is 12.1 Å². The fourth-order valence-electron chi connectivity index (χ4n) is 4.74. The minimum absolute atomic E-state index is 0.00517. The molecule has 0 saturated carbocycles. The monoisotopic (exact) mass is 488 g/mol. The molecule has 1 N–H and O–H groups in total. The second kappa shape index (κ2) is 11.5. The van der Waals surface area contributed by atoms with Gasteiger partial charge in [0.25, 0.3) is 5.91 Å². The van der Waals surface area contributed by atoms with Gasteiger partial charge in [-0.25, -0.2) is 4.39 Å². The molecule has 2 atom stereocenters. The van der Waals surface area contributed by atoms with Crippen molar-refractivity contribution in [1.82, 2.24) is 20.0 Å². The van der Waals surface area contributed by atoms with Gasteiger partial charge in [-0.2, -0.15) is 0 Å². The molecular weight excluding hydrogens is 455 g/mol. The van der Waals surface area contributed by atoms with Gasteiger partial charge in [0.15, 0.2) is 6.61 Å². The Balaban J connectivity index is 1.34. The highest BCUT2D eigenvalue weighted by Gasteiger charge is 2.32. The van der Waals surface area contributed by atoms with E-state index in [0.29, 0.717) is 17.3 Å². The average molecular weight is 489 g/mol. The predicted octanol–water partition coefficient (Wildman–Crippen LogP) is 3.38. The summed E-state index contributed by atoms with van der Waals surface area (Å²) in [6, 6.07) is 12.5. The van der Waals surface area contributed by atoms with Crippen molar-refractivity contribution in [2.75, 3.05) is 45.9 Å². The van der Waals surface area contributed by atoms with Crippen LogP contribution in [0.25, 0.3) is 0 Å². The number of rotatable bonds is 7. The van der Waals surface area contributed by atoms with Crippen LogP contribution in [-0.2, 0) is 17.9 Å². The molecule has 2 aromatic carbocycles. The summed E-state index contributed by atoms with van der Waals surface area (Å²) in [5, 5.41) is 4.03. The van der Waals surface area contributed by atoms with E-state index in [1.54, 1.807) is 0 Å². The maximum absolute atomic E-state index is 13.2. The maximum Gasteiger partial charge on any atom is 0.260 e. The fourth-order valence-corrected chi connectivity index (χ4v) is 4.93. The van der Waals surface area contributed by atoms with E-state index >= 15 is 0 Å². The van der Waals surface area contributed by atoms with Crippen LogP contribution in [0.2, 0.25) is 5.02 Å². The van der Waals surface area contributed by atoms with Crippen molar-refractivity contribution in [3.63, 3.8) is 0 Å². The summed E-state index contributed by atoms with van der Waals surface area (Å²) < 4.78 is 19.2. The fraction of sp³-hybridized carbons (Fsp3) is 0.500. The molecule has 8 heteroatoms. The second-order valence-corrected chi connectivity index (χ2v) is 9.80. The SMILES string of the molecule is CC1CN(C(=O)COc2ccc(Cl)cc2CN2CCNCC2)C(C)CN1Cc1ccc(F)cc1. The summed E-state index contributed by atoms with van der Waals surface area (Å²) in [5.41, 5.74) is 2.08. The van der Waals surface area contributed by atoms with Gasteiger partial charge in [0, 0.05) is 75.0 Å². The third-order valence-electron chi connectivity index (χ3n) is 6.71. The van der Waals surface area contributed by atoms with Crippen LogP contribution in [-0.4, -0.2) is 78.6 Å². The van der Waals surface area contributed by atoms with E-state index in [-0.39, 0.29) is 30.4 Å². The first-order valence-electron chi connectivity index (χ1n) is 12.0. The molecule has 184 valence electrons. The first-order valence-corrected chi connectivity index (χ1v) is 12.4. The highest BCUT2D eigenvalue weighted by atomic mass is 35.5. The van der Waals surface area contributed by atoms with Gasteiger partial charge in [0.05, 0.1) is 0 Å². The molecule has 34 heavy (non-hydrogen) atoms. The number of carbonyl (C=O) groups excluding carboxylic acids is 1. The quantitative estimate of drug-likeness (QED) is 0.647. The summed E-state index contributed by atoms with van der Waals surface area (Å²) in [5.74, 6) is 0.480. The van der Waals surface area contributed by atoms with E-state index in [0.717, 1.165) is 56.9 Å². The van der Waals surface area contributed by atoms with Gasteiger partial charge in [-0.05, 0) is 49.7 Å². The van der Waals surface area contributed by atoms with Crippen LogP contribution >= 0.6 is 11.6 Å². The Hall–Kier alpha value is -2.19. The van der Waals surface area contributed by atoms with Gasteiger partial charge >= 0.3 is 0 Å². The third kappa shape index (κ3) is 6.48. The molecule has 2 aromatic rings. The van der Waals surface area contributed by atoms with Gasteiger partial charge < -0.3 is 15.0 Å². The van der Waals surface area contributed by atoms with Crippen LogP contribution < -0.4 is 10.1 Å². The molecule has 2 heterocycles. The number of hydrogen-bond donors (Lipinski definition) is 1.